The number of carboxylic acids is 1. The van der Waals surface area contributed by atoms with Crippen molar-refractivity contribution in [2.24, 2.45) is 5.92 Å². The van der Waals surface area contributed by atoms with Crippen molar-refractivity contribution in [1.82, 2.24) is 5.32 Å². The van der Waals surface area contributed by atoms with Crippen molar-refractivity contribution in [2.75, 3.05) is 0 Å². The molecule has 1 aromatic rings. The van der Waals surface area contributed by atoms with E-state index in [1.54, 1.807) is 12.1 Å². The Balaban J connectivity index is 2.13. The van der Waals surface area contributed by atoms with Crippen LogP contribution in [0.4, 0.5) is 0 Å². The summed E-state index contributed by atoms with van der Waals surface area (Å²) in [7, 11) is 0. The minimum atomic E-state index is -0.945. The highest BCUT2D eigenvalue weighted by Gasteiger charge is 2.37. The zero-order chi connectivity index (χ0) is 13.1. The molecule has 0 aromatic heterocycles. The molecule has 1 unspecified atom stereocenters. The lowest BCUT2D eigenvalue weighted by molar-refractivity contribution is -0.139. The fraction of sp³-hybridized carbons (Fsp3) is 0.429. The summed E-state index contributed by atoms with van der Waals surface area (Å²) in [6, 6.07) is 6.55. The van der Waals surface area contributed by atoms with E-state index in [0.717, 1.165) is 24.8 Å². The molecule has 1 aromatic carbocycles. The predicted molar refractivity (Wildman–Crippen MR) is 67.4 cm³/mol. The number of carboxylic acid groups (broad SMARTS) is 1. The average Bonchev–Trinajstić information content (AvgIpc) is 3.19. The van der Waals surface area contributed by atoms with Gasteiger partial charge in [-0.2, -0.15) is 0 Å². The van der Waals surface area contributed by atoms with Gasteiger partial charge in [0.1, 0.15) is 6.04 Å². The maximum atomic E-state index is 12.1. The van der Waals surface area contributed by atoms with E-state index in [4.69, 9.17) is 5.11 Å². The van der Waals surface area contributed by atoms with Crippen LogP contribution in [0.15, 0.2) is 24.3 Å². The largest absolute Gasteiger partial charge is 0.480 e. The fourth-order valence-corrected chi connectivity index (χ4v) is 2.08. The molecule has 0 aliphatic heterocycles. The Bertz CT molecular complexity index is 466. The number of aryl methyl sites for hydroxylation is 1. The van der Waals surface area contributed by atoms with E-state index in [1.807, 2.05) is 19.1 Å². The van der Waals surface area contributed by atoms with Gasteiger partial charge in [-0.25, -0.2) is 4.79 Å². The minimum Gasteiger partial charge on any atom is -0.480 e. The van der Waals surface area contributed by atoms with Gasteiger partial charge in [-0.3, -0.25) is 4.79 Å². The van der Waals surface area contributed by atoms with Gasteiger partial charge in [-0.05, 0) is 36.8 Å². The molecular formula is C14H17NO3. The molecule has 1 saturated carbocycles. The molecule has 18 heavy (non-hydrogen) atoms. The number of amides is 1. The first-order valence-corrected chi connectivity index (χ1v) is 6.25. The van der Waals surface area contributed by atoms with Crippen LogP contribution in [0.2, 0.25) is 0 Å². The Morgan fingerprint density at radius 2 is 2.06 bits per heavy atom. The van der Waals surface area contributed by atoms with Gasteiger partial charge < -0.3 is 10.4 Å². The molecule has 0 heterocycles. The number of carbonyl (C=O) groups is 2. The summed E-state index contributed by atoms with van der Waals surface area (Å²) in [5, 5.41) is 11.7. The summed E-state index contributed by atoms with van der Waals surface area (Å²) >= 11 is 0. The first-order chi connectivity index (χ1) is 8.63. The molecule has 2 rings (SSSR count). The molecule has 4 nitrogen and oxygen atoms in total. The fourth-order valence-electron chi connectivity index (χ4n) is 2.08. The number of carbonyl (C=O) groups excluding carboxylic acids is 1. The monoisotopic (exact) mass is 247 g/mol. The SMILES string of the molecule is CCc1ccccc1C(=O)NC(C(=O)O)C1CC1. The highest BCUT2D eigenvalue weighted by molar-refractivity contribution is 5.98. The third-order valence-corrected chi connectivity index (χ3v) is 3.29. The van der Waals surface area contributed by atoms with E-state index >= 15 is 0 Å². The van der Waals surface area contributed by atoms with E-state index in [0.29, 0.717) is 5.56 Å². The second kappa shape index (κ2) is 5.21. The zero-order valence-corrected chi connectivity index (χ0v) is 10.3. The number of rotatable bonds is 5. The molecule has 1 aliphatic rings. The second-order valence-corrected chi connectivity index (χ2v) is 4.64. The summed E-state index contributed by atoms with van der Waals surface area (Å²) in [5.74, 6) is -1.13. The maximum absolute atomic E-state index is 12.1. The molecule has 1 fully saturated rings. The minimum absolute atomic E-state index is 0.0974. The summed E-state index contributed by atoms with van der Waals surface area (Å²) < 4.78 is 0. The molecule has 0 saturated heterocycles. The number of benzene rings is 1. The molecule has 1 aliphatic carbocycles. The molecule has 1 amide bonds. The summed E-state index contributed by atoms with van der Waals surface area (Å²) in [4.78, 5) is 23.2. The number of hydrogen-bond donors (Lipinski definition) is 2. The highest BCUT2D eigenvalue weighted by atomic mass is 16.4. The van der Waals surface area contributed by atoms with Gasteiger partial charge >= 0.3 is 5.97 Å². The molecule has 4 heteroatoms. The van der Waals surface area contributed by atoms with Crippen molar-refractivity contribution in [3.05, 3.63) is 35.4 Å². The van der Waals surface area contributed by atoms with Crippen molar-refractivity contribution in [1.29, 1.82) is 0 Å². The van der Waals surface area contributed by atoms with E-state index < -0.39 is 12.0 Å². The van der Waals surface area contributed by atoms with Gasteiger partial charge in [0.05, 0.1) is 0 Å². The van der Waals surface area contributed by atoms with Gasteiger partial charge in [-0.1, -0.05) is 25.1 Å². The Kier molecular flexibility index (Phi) is 3.65. The molecule has 96 valence electrons. The summed E-state index contributed by atoms with van der Waals surface area (Å²) in [6.45, 7) is 1.97. The molecule has 0 bridgehead atoms. The van der Waals surface area contributed by atoms with Crippen molar-refractivity contribution in [2.45, 2.75) is 32.2 Å². The number of nitrogens with one attached hydrogen (secondary N) is 1. The van der Waals surface area contributed by atoms with Gasteiger partial charge in [0.15, 0.2) is 0 Å². The van der Waals surface area contributed by atoms with Gasteiger partial charge in [0, 0.05) is 5.56 Å². The van der Waals surface area contributed by atoms with Gasteiger partial charge in [0.2, 0.25) is 0 Å². The summed E-state index contributed by atoms with van der Waals surface area (Å²) in [5.41, 5.74) is 1.52. The molecule has 0 spiro atoms. The third kappa shape index (κ3) is 2.70. The van der Waals surface area contributed by atoms with Crippen molar-refractivity contribution in [3.8, 4) is 0 Å². The van der Waals surface area contributed by atoms with Crippen molar-refractivity contribution < 1.29 is 14.7 Å². The smallest absolute Gasteiger partial charge is 0.326 e. The number of hydrogen-bond acceptors (Lipinski definition) is 2. The molecule has 1 atom stereocenters. The predicted octanol–water partition coefficient (Wildman–Crippen LogP) is 1.84. The quantitative estimate of drug-likeness (QED) is 0.834. The average molecular weight is 247 g/mol. The first-order valence-electron chi connectivity index (χ1n) is 6.25. The van der Waals surface area contributed by atoms with E-state index in [2.05, 4.69) is 5.32 Å². The van der Waals surface area contributed by atoms with Crippen LogP contribution in [0.5, 0.6) is 0 Å². The maximum Gasteiger partial charge on any atom is 0.326 e. The lowest BCUT2D eigenvalue weighted by Gasteiger charge is -2.15. The normalized spacial score (nSPS) is 16.1. The van der Waals surface area contributed by atoms with Crippen LogP contribution in [0.25, 0.3) is 0 Å². The lowest BCUT2D eigenvalue weighted by atomic mass is 10.0. The standard InChI is InChI=1S/C14H17NO3/c1-2-9-5-3-4-6-11(9)13(16)15-12(14(17)18)10-7-8-10/h3-6,10,12H,2,7-8H2,1H3,(H,15,16)(H,17,18). The van der Waals surface area contributed by atoms with Crippen LogP contribution in [-0.4, -0.2) is 23.0 Å². The van der Waals surface area contributed by atoms with Crippen molar-refractivity contribution in [3.63, 3.8) is 0 Å². The van der Waals surface area contributed by atoms with E-state index in [1.165, 1.54) is 0 Å². The Morgan fingerprint density at radius 1 is 1.39 bits per heavy atom. The zero-order valence-electron chi connectivity index (χ0n) is 10.3. The van der Waals surface area contributed by atoms with Crippen LogP contribution < -0.4 is 5.32 Å². The van der Waals surface area contributed by atoms with Gasteiger partial charge in [-0.15, -0.1) is 0 Å². The highest BCUT2D eigenvalue weighted by Crippen LogP contribution is 2.32. The van der Waals surface area contributed by atoms with Crippen LogP contribution in [0.3, 0.4) is 0 Å². The third-order valence-electron chi connectivity index (χ3n) is 3.29. The second-order valence-electron chi connectivity index (χ2n) is 4.64. The molecule has 0 radical (unpaired) electrons. The summed E-state index contributed by atoms with van der Waals surface area (Å²) in [6.07, 6.45) is 2.52. The Labute approximate surface area is 106 Å². The molecular weight excluding hydrogens is 230 g/mol. The van der Waals surface area contributed by atoms with Crippen LogP contribution in [0, 0.1) is 5.92 Å². The number of aliphatic carboxylic acids is 1. The van der Waals surface area contributed by atoms with Gasteiger partial charge in [0.25, 0.3) is 5.91 Å². The van der Waals surface area contributed by atoms with Crippen molar-refractivity contribution >= 4 is 11.9 Å². The Hall–Kier alpha value is -1.84. The van der Waals surface area contributed by atoms with E-state index in [9.17, 15) is 9.59 Å². The van der Waals surface area contributed by atoms with E-state index in [-0.39, 0.29) is 11.8 Å². The first kappa shape index (κ1) is 12.6. The molecule has 2 N–H and O–H groups in total. The van der Waals surface area contributed by atoms with Crippen LogP contribution >= 0.6 is 0 Å². The van der Waals surface area contributed by atoms with Crippen LogP contribution in [0.1, 0.15) is 35.7 Å². The lowest BCUT2D eigenvalue weighted by Crippen LogP contribution is -2.42. The topological polar surface area (TPSA) is 66.4 Å². The van der Waals surface area contributed by atoms with Crippen LogP contribution in [-0.2, 0) is 11.2 Å². The Morgan fingerprint density at radius 3 is 2.61 bits per heavy atom.